The summed E-state index contributed by atoms with van der Waals surface area (Å²) in [6.45, 7) is 0. The SMILES string of the molecule is O=C(Nc1cccc2ccncc12)c1cscn1. The summed E-state index contributed by atoms with van der Waals surface area (Å²) < 4.78 is 0. The summed E-state index contributed by atoms with van der Waals surface area (Å²) in [5.41, 5.74) is 2.82. The lowest BCUT2D eigenvalue weighted by molar-refractivity contribution is 0.102. The summed E-state index contributed by atoms with van der Waals surface area (Å²) in [6.07, 6.45) is 3.47. The number of thiazole rings is 1. The zero-order chi connectivity index (χ0) is 12.4. The molecule has 5 heteroatoms. The van der Waals surface area contributed by atoms with E-state index in [9.17, 15) is 4.79 Å². The first-order valence-corrected chi connectivity index (χ1v) is 6.31. The Bertz CT molecular complexity index is 689. The van der Waals surface area contributed by atoms with Crippen LogP contribution in [0.15, 0.2) is 47.5 Å². The second-order valence-electron chi connectivity index (χ2n) is 3.73. The van der Waals surface area contributed by atoms with Crippen LogP contribution in [0, 0.1) is 0 Å². The smallest absolute Gasteiger partial charge is 0.275 e. The van der Waals surface area contributed by atoms with Gasteiger partial charge in [-0.2, -0.15) is 0 Å². The van der Waals surface area contributed by atoms with Crippen LogP contribution in [0.1, 0.15) is 10.5 Å². The van der Waals surface area contributed by atoms with E-state index in [1.54, 1.807) is 23.3 Å². The number of rotatable bonds is 2. The van der Waals surface area contributed by atoms with Gasteiger partial charge in [-0.05, 0) is 17.5 Å². The molecule has 0 radical (unpaired) electrons. The molecular weight excluding hydrogens is 246 g/mol. The van der Waals surface area contributed by atoms with Crippen molar-refractivity contribution in [2.45, 2.75) is 0 Å². The van der Waals surface area contributed by atoms with Gasteiger partial charge in [-0.15, -0.1) is 11.3 Å². The van der Waals surface area contributed by atoms with E-state index in [4.69, 9.17) is 0 Å². The van der Waals surface area contributed by atoms with Gasteiger partial charge in [0.15, 0.2) is 0 Å². The van der Waals surface area contributed by atoms with Crippen molar-refractivity contribution in [3.05, 3.63) is 53.2 Å². The molecular formula is C13H9N3OS. The predicted octanol–water partition coefficient (Wildman–Crippen LogP) is 2.94. The van der Waals surface area contributed by atoms with Crippen LogP contribution in [0.2, 0.25) is 0 Å². The number of fused-ring (bicyclic) bond motifs is 1. The van der Waals surface area contributed by atoms with E-state index >= 15 is 0 Å². The number of anilines is 1. The van der Waals surface area contributed by atoms with Gasteiger partial charge in [-0.3, -0.25) is 9.78 Å². The van der Waals surface area contributed by atoms with E-state index in [-0.39, 0.29) is 5.91 Å². The monoisotopic (exact) mass is 255 g/mol. The maximum Gasteiger partial charge on any atom is 0.275 e. The molecule has 0 aliphatic rings. The fourth-order valence-electron chi connectivity index (χ4n) is 1.73. The molecule has 0 unspecified atom stereocenters. The lowest BCUT2D eigenvalue weighted by Crippen LogP contribution is -2.12. The highest BCUT2D eigenvalue weighted by Crippen LogP contribution is 2.22. The van der Waals surface area contributed by atoms with Gasteiger partial charge < -0.3 is 5.32 Å². The molecule has 2 aromatic heterocycles. The van der Waals surface area contributed by atoms with Crippen LogP contribution in [-0.4, -0.2) is 15.9 Å². The number of nitrogens with one attached hydrogen (secondary N) is 1. The predicted molar refractivity (Wildman–Crippen MR) is 71.8 cm³/mol. The quantitative estimate of drug-likeness (QED) is 0.766. The Morgan fingerprint density at radius 2 is 2.22 bits per heavy atom. The summed E-state index contributed by atoms with van der Waals surface area (Å²) in [6, 6.07) is 7.65. The molecule has 2 heterocycles. The Kier molecular flexibility index (Phi) is 2.74. The van der Waals surface area contributed by atoms with E-state index in [1.807, 2.05) is 24.3 Å². The second-order valence-corrected chi connectivity index (χ2v) is 4.45. The molecule has 3 rings (SSSR count). The van der Waals surface area contributed by atoms with Crippen molar-refractivity contribution < 1.29 is 4.79 Å². The van der Waals surface area contributed by atoms with Gasteiger partial charge in [0.05, 0.1) is 11.2 Å². The Hall–Kier alpha value is -2.27. The first-order chi connectivity index (χ1) is 8.84. The maximum atomic E-state index is 11.9. The molecule has 0 aliphatic heterocycles. The number of nitrogens with zero attached hydrogens (tertiary/aromatic N) is 2. The lowest BCUT2D eigenvalue weighted by atomic mass is 10.1. The molecule has 0 saturated carbocycles. The summed E-state index contributed by atoms with van der Waals surface area (Å²) >= 11 is 1.40. The van der Waals surface area contributed by atoms with Gasteiger partial charge in [-0.1, -0.05) is 12.1 Å². The summed E-state index contributed by atoms with van der Waals surface area (Å²) in [5, 5.41) is 6.54. The van der Waals surface area contributed by atoms with Crippen LogP contribution in [0.3, 0.4) is 0 Å². The van der Waals surface area contributed by atoms with E-state index < -0.39 is 0 Å². The number of hydrogen-bond donors (Lipinski definition) is 1. The van der Waals surface area contributed by atoms with E-state index in [0.29, 0.717) is 5.69 Å². The minimum Gasteiger partial charge on any atom is -0.320 e. The molecule has 88 valence electrons. The van der Waals surface area contributed by atoms with Gasteiger partial charge in [0.1, 0.15) is 5.69 Å². The summed E-state index contributed by atoms with van der Waals surface area (Å²) in [5.74, 6) is -0.201. The third kappa shape index (κ3) is 1.96. The number of amides is 1. The summed E-state index contributed by atoms with van der Waals surface area (Å²) in [4.78, 5) is 20.0. The van der Waals surface area contributed by atoms with E-state index in [2.05, 4.69) is 15.3 Å². The van der Waals surface area contributed by atoms with Crippen LogP contribution >= 0.6 is 11.3 Å². The number of carbonyl (C=O) groups is 1. The molecule has 1 amide bonds. The van der Waals surface area contributed by atoms with Gasteiger partial charge in [0.25, 0.3) is 5.91 Å². The highest BCUT2D eigenvalue weighted by atomic mass is 32.1. The Balaban J connectivity index is 1.98. The molecule has 3 aromatic rings. The molecule has 0 spiro atoms. The molecule has 18 heavy (non-hydrogen) atoms. The third-order valence-electron chi connectivity index (χ3n) is 2.60. The minimum atomic E-state index is -0.201. The van der Waals surface area contributed by atoms with Crippen LogP contribution in [0.5, 0.6) is 0 Å². The van der Waals surface area contributed by atoms with Gasteiger partial charge in [0, 0.05) is 23.2 Å². The molecule has 0 aliphatic carbocycles. The highest BCUT2D eigenvalue weighted by molar-refractivity contribution is 7.07. The third-order valence-corrected chi connectivity index (χ3v) is 3.18. The van der Waals surface area contributed by atoms with E-state index in [1.165, 1.54) is 11.3 Å². The fraction of sp³-hybridized carbons (Fsp3) is 0. The lowest BCUT2D eigenvalue weighted by Gasteiger charge is -2.06. The van der Waals surface area contributed by atoms with Crippen molar-refractivity contribution >= 4 is 33.7 Å². The largest absolute Gasteiger partial charge is 0.320 e. The molecule has 1 N–H and O–H groups in total. The second kappa shape index (κ2) is 4.54. The van der Waals surface area contributed by atoms with Crippen LogP contribution in [0.4, 0.5) is 5.69 Å². The Labute approximate surface area is 107 Å². The normalized spacial score (nSPS) is 10.4. The van der Waals surface area contributed by atoms with Crippen molar-refractivity contribution in [1.29, 1.82) is 0 Å². The van der Waals surface area contributed by atoms with Crippen molar-refractivity contribution in [3.8, 4) is 0 Å². The molecule has 0 saturated heterocycles. The first-order valence-electron chi connectivity index (χ1n) is 5.37. The molecule has 0 bridgehead atoms. The van der Waals surface area contributed by atoms with Gasteiger partial charge in [-0.25, -0.2) is 4.98 Å². The summed E-state index contributed by atoms with van der Waals surface area (Å²) in [7, 11) is 0. The minimum absolute atomic E-state index is 0.201. The Morgan fingerprint density at radius 1 is 1.28 bits per heavy atom. The highest BCUT2D eigenvalue weighted by Gasteiger charge is 2.09. The standard InChI is InChI=1S/C13H9N3OS/c17-13(12-7-18-8-15-12)16-11-3-1-2-9-4-5-14-6-10(9)11/h1-8H,(H,16,17). The number of benzene rings is 1. The van der Waals surface area contributed by atoms with Crippen LogP contribution in [0.25, 0.3) is 10.8 Å². The van der Waals surface area contributed by atoms with Crippen molar-refractivity contribution in [3.63, 3.8) is 0 Å². The molecule has 0 atom stereocenters. The molecule has 4 nitrogen and oxygen atoms in total. The van der Waals surface area contributed by atoms with Crippen molar-refractivity contribution in [1.82, 2.24) is 9.97 Å². The molecule has 0 fully saturated rings. The molecule has 1 aromatic carbocycles. The zero-order valence-corrected chi connectivity index (χ0v) is 10.1. The first kappa shape index (κ1) is 10.9. The number of hydrogen-bond acceptors (Lipinski definition) is 4. The van der Waals surface area contributed by atoms with Crippen LogP contribution < -0.4 is 5.32 Å². The maximum absolute atomic E-state index is 11.9. The number of aromatic nitrogens is 2. The van der Waals surface area contributed by atoms with Gasteiger partial charge in [0.2, 0.25) is 0 Å². The van der Waals surface area contributed by atoms with Crippen molar-refractivity contribution in [2.75, 3.05) is 5.32 Å². The number of carbonyl (C=O) groups excluding carboxylic acids is 1. The Morgan fingerprint density at radius 3 is 3.06 bits per heavy atom. The topological polar surface area (TPSA) is 54.9 Å². The average Bonchev–Trinajstić information content (AvgIpc) is 2.93. The van der Waals surface area contributed by atoms with Crippen LogP contribution in [-0.2, 0) is 0 Å². The zero-order valence-electron chi connectivity index (χ0n) is 9.33. The fourth-order valence-corrected chi connectivity index (χ4v) is 2.27. The average molecular weight is 255 g/mol. The number of pyridine rings is 1. The van der Waals surface area contributed by atoms with Gasteiger partial charge >= 0.3 is 0 Å². The van der Waals surface area contributed by atoms with Crippen molar-refractivity contribution in [2.24, 2.45) is 0 Å². The van der Waals surface area contributed by atoms with E-state index in [0.717, 1.165) is 16.5 Å².